The SMILES string of the molecule is CC.CCC/C=C(/C(=O)OCCCCCN1CCCC1=O)N1C=C(C2=C(c3cc(C)ccc3F)N(C)CC=C2)C=CC1C. The molecule has 3 aliphatic heterocycles. The van der Waals surface area contributed by atoms with Gasteiger partial charge in [0.25, 0.3) is 0 Å². The average molecular weight is 592 g/mol. The first-order valence-electron chi connectivity index (χ1n) is 16.0. The number of likely N-dealkylation sites (N-methyl/N-ethyl adjacent to an activating group) is 1. The molecule has 0 aliphatic carbocycles. The molecule has 0 spiro atoms. The minimum Gasteiger partial charge on any atom is -0.461 e. The molecule has 1 unspecified atom stereocenters. The Bertz CT molecular complexity index is 1280. The monoisotopic (exact) mass is 591 g/mol. The number of allylic oxidation sites excluding steroid dienone is 5. The lowest BCUT2D eigenvalue weighted by molar-refractivity contribution is -0.140. The largest absolute Gasteiger partial charge is 0.461 e. The highest BCUT2D eigenvalue weighted by atomic mass is 19.1. The number of halogens is 1. The molecular formula is C36H50FN3O3. The number of aryl methyl sites for hydroxylation is 1. The number of carbonyl (C=O) groups excluding carboxylic acids is 2. The predicted molar refractivity (Wildman–Crippen MR) is 173 cm³/mol. The topological polar surface area (TPSA) is 53.1 Å². The van der Waals surface area contributed by atoms with Gasteiger partial charge in [0.15, 0.2) is 0 Å². The number of unbranched alkanes of at least 4 members (excludes halogenated alkanes) is 3. The lowest BCUT2D eigenvalue weighted by Crippen LogP contribution is -2.33. The third-order valence-corrected chi connectivity index (χ3v) is 7.85. The van der Waals surface area contributed by atoms with Gasteiger partial charge in [0, 0.05) is 56.5 Å². The van der Waals surface area contributed by atoms with E-state index in [2.05, 4.69) is 37.0 Å². The van der Waals surface area contributed by atoms with Gasteiger partial charge in [-0.25, -0.2) is 9.18 Å². The van der Waals surface area contributed by atoms with Gasteiger partial charge >= 0.3 is 5.97 Å². The molecule has 3 heterocycles. The summed E-state index contributed by atoms with van der Waals surface area (Å²) in [6.45, 7) is 12.8. The summed E-state index contributed by atoms with van der Waals surface area (Å²) in [6.07, 6.45) is 18.1. The fraction of sp³-hybridized carbons (Fsp3) is 0.500. The molecule has 0 radical (unpaired) electrons. The molecule has 0 aromatic heterocycles. The van der Waals surface area contributed by atoms with Gasteiger partial charge in [-0.2, -0.15) is 0 Å². The molecule has 0 bridgehead atoms. The van der Waals surface area contributed by atoms with Gasteiger partial charge < -0.3 is 19.4 Å². The van der Waals surface area contributed by atoms with Crippen LogP contribution >= 0.6 is 0 Å². The maximum atomic E-state index is 15.1. The van der Waals surface area contributed by atoms with Crippen molar-refractivity contribution in [1.82, 2.24) is 14.7 Å². The van der Waals surface area contributed by atoms with Gasteiger partial charge in [-0.3, -0.25) is 4.79 Å². The quantitative estimate of drug-likeness (QED) is 0.143. The number of likely N-dealkylation sites (tertiary alicyclic amines) is 1. The van der Waals surface area contributed by atoms with Gasteiger partial charge in [-0.1, -0.05) is 69.2 Å². The molecule has 234 valence electrons. The van der Waals surface area contributed by atoms with Crippen molar-refractivity contribution in [2.45, 2.75) is 85.6 Å². The van der Waals surface area contributed by atoms with Crippen molar-refractivity contribution < 1.29 is 18.7 Å². The van der Waals surface area contributed by atoms with Crippen LogP contribution in [0.4, 0.5) is 4.39 Å². The number of ether oxygens (including phenoxy) is 1. The van der Waals surface area contributed by atoms with Crippen LogP contribution in [0.25, 0.3) is 5.70 Å². The summed E-state index contributed by atoms with van der Waals surface area (Å²) < 4.78 is 20.8. The Morgan fingerprint density at radius 2 is 1.95 bits per heavy atom. The molecule has 1 fully saturated rings. The normalized spacial score (nSPS) is 18.6. The van der Waals surface area contributed by atoms with Crippen LogP contribution in [0.1, 0.15) is 83.8 Å². The third kappa shape index (κ3) is 8.94. The smallest absolute Gasteiger partial charge is 0.354 e. The third-order valence-electron chi connectivity index (χ3n) is 7.85. The van der Waals surface area contributed by atoms with Gasteiger partial charge in [-0.05, 0) is 63.7 Å². The van der Waals surface area contributed by atoms with E-state index in [4.69, 9.17) is 4.74 Å². The van der Waals surface area contributed by atoms with E-state index in [1.54, 1.807) is 6.07 Å². The highest BCUT2D eigenvalue weighted by molar-refractivity contribution is 5.88. The van der Waals surface area contributed by atoms with E-state index in [9.17, 15) is 9.59 Å². The summed E-state index contributed by atoms with van der Waals surface area (Å²) in [5, 5.41) is 0. The lowest BCUT2D eigenvalue weighted by Gasteiger charge is -2.33. The van der Waals surface area contributed by atoms with Crippen molar-refractivity contribution in [1.29, 1.82) is 0 Å². The van der Waals surface area contributed by atoms with Crippen LogP contribution in [-0.2, 0) is 14.3 Å². The molecule has 6 nitrogen and oxygen atoms in total. The second-order valence-electron chi connectivity index (χ2n) is 11.2. The van der Waals surface area contributed by atoms with Crippen molar-refractivity contribution in [2.24, 2.45) is 0 Å². The molecule has 0 saturated carbocycles. The molecule has 43 heavy (non-hydrogen) atoms. The van der Waals surface area contributed by atoms with E-state index in [1.165, 1.54) is 6.07 Å². The first-order chi connectivity index (χ1) is 20.8. The number of amides is 1. The van der Waals surface area contributed by atoms with Crippen LogP contribution in [0, 0.1) is 12.7 Å². The van der Waals surface area contributed by atoms with Crippen molar-refractivity contribution >= 4 is 17.6 Å². The Hall–Kier alpha value is -3.61. The van der Waals surface area contributed by atoms with Gasteiger partial charge in [-0.15, -0.1) is 0 Å². The summed E-state index contributed by atoms with van der Waals surface area (Å²) in [4.78, 5) is 31.1. The molecule has 0 N–H and O–H groups in total. The Labute approximate surface area is 258 Å². The zero-order valence-corrected chi connectivity index (χ0v) is 27.0. The minimum atomic E-state index is -0.332. The summed E-state index contributed by atoms with van der Waals surface area (Å²) in [5.41, 5.74) is 4.75. The lowest BCUT2D eigenvalue weighted by atomic mass is 9.93. The number of esters is 1. The van der Waals surface area contributed by atoms with E-state index in [-0.39, 0.29) is 23.7 Å². The van der Waals surface area contributed by atoms with Crippen LogP contribution < -0.4 is 0 Å². The molecule has 1 atom stereocenters. The van der Waals surface area contributed by atoms with E-state index in [0.29, 0.717) is 30.8 Å². The van der Waals surface area contributed by atoms with Gasteiger partial charge in [0.2, 0.25) is 5.91 Å². The van der Waals surface area contributed by atoms with Crippen LogP contribution in [0.2, 0.25) is 0 Å². The minimum absolute atomic E-state index is 0.0440. The van der Waals surface area contributed by atoms with E-state index in [0.717, 1.165) is 74.0 Å². The van der Waals surface area contributed by atoms with Gasteiger partial charge in [0.1, 0.15) is 11.5 Å². The van der Waals surface area contributed by atoms with Crippen LogP contribution in [0.15, 0.2) is 71.6 Å². The van der Waals surface area contributed by atoms with Crippen LogP contribution in [0.3, 0.4) is 0 Å². The molecule has 1 aromatic rings. The number of hydrogen-bond donors (Lipinski definition) is 0. The second kappa shape index (κ2) is 16.9. The number of benzene rings is 1. The number of hydrogen-bond acceptors (Lipinski definition) is 5. The second-order valence-corrected chi connectivity index (χ2v) is 11.2. The fourth-order valence-electron chi connectivity index (χ4n) is 5.54. The summed E-state index contributed by atoms with van der Waals surface area (Å²) >= 11 is 0. The summed E-state index contributed by atoms with van der Waals surface area (Å²) in [7, 11) is 1.97. The first-order valence-corrected chi connectivity index (χ1v) is 16.0. The standard InChI is InChI=1S/C34H44FN3O3.C2H6/c1-5-6-13-31(34(40)41-22-9-7-8-20-37-21-11-14-32(37)39)38-24-27(17-16-26(38)3)28-12-10-19-36(4)33(28)29-23-25(2)15-18-30(29)35;1-2/h10,12-13,15-18,23-24,26H,5-9,11,14,19-22H2,1-4H3;1-2H3/b31-13-;. The molecule has 1 amide bonds. The summed E-state index contributed by atoms with van der Waals surface area (Å²) in [6, 6.07) is 5.15. The Balaban J connectivity index is 0.00000248. The van der Waals surface area contributed by atoms with E-state index >= 15 is 4.39 Å². The highest BCUT2D eigenvalue weighted by Gasteiger charge is 2.27. The first kappa shape index (κ1) is 33.9. The maximum Gasteiger partial charge on any atom is 0.354 e. The predicted octanol–water partition coefficient (Wildman–Crippen LogP) is 7.54. The molecule has 4 rings (SSSR count). The Morgan fingerprint density at radius 1 is 1.16 bits per heavy atom. The van der Waals surface area contributed by atoms with Crippen molar-refractivity contribution in [3.05, 3.63) is 88.6 Å². The van der Waals surface area contributed by atoms with Crippen molar-refractivity contribution in [2.75, 3.05) is 33.3 Å². The van der Waals surface area contributed by atoms with Gasteiger partial charge in [0.05, 0.1) is 12.3 Å². The number of nitrogens with zero attached hydrogens (tertiary/aromatic N) is 3. The van der Waals surface area contributed by atoms with E-state index in [1.807, 2.05) is 62.0 Å². The zero-order valence-electron chi connectivity index (χ0n) is 27.0. The van der Waals surface area contributed by atoms with Crippen LogP contribution in [-0.4, -0.2) is 65.9 Å². The molecular weight excluding hydrogens is 541 g/mol. The number of carbonyl (C=O) groups is 2. The molecule has 7 heteroatoms. The molecule has 3 aliphatic rings. The van der Waals surface area contributed by atoms with Crippen molar-refractivity contribution in [3.8, 4) is 0 Å². The molecule has 1 saturated heterocycles. The Kier molecular flexibility index (Phi) is 13.3. The Morgan fingerprint density at radius 3 is 2.67 bits per heavy atom. The number of rotatable bonds is 12. The van der Waals surface area contributed by atoms with Crippen LogP contribution in [0.5, 0.6) is 0 Å². The fourth-order valence-corrected chi connectivity index (χ4v) is 5.54. The highest BCUT2D eigenvalue weighted by Crippen LogP contribution is 2.35. The molecule has 1 aromatic carbocycles. The van der Waals surface area contributed by atoms with E-state index < -0.39 is 0 Å². The average Bonchev–Trinajstić information content (AvgIpc) is 3.42. The zero-order chi connectivity index (χ0) is 31.4. The maximum absolute atomic E-state index is 15.1. The summed E-state index contributed by atoms with van der Waals surface area (Å²) in [5.74, 6) is -0.335. The van der Waals surface area contributed by atoms with Crippen molar-refractivity contribution in [3.63, 3.8) is 0 Å².